The van der Waals surface area contributed by atoms with Crippen molar-refractivity contribution in [3.05, 3.63) is 30.1 Å². The molecule has 0 bridgehead atoms. The van der Waals surface area contributed by atoms with Crippen molar-refractivity contribution in [2.75, 3.05) is 11.9 Å². The highest BCUT2D eigenvalue weighted by Crippen LogP contribution is 2.27. The Balaban J connectivity index is 1.84. The molecule has 6 heteroatoms. The van der Waals surface area contributed by atoms with Gasteiger partial charge in [0.2, 0.25) is 5.91 Å². The molecule has 1 aliphatic rings. The standard InChI is InChI=1S/C15H18N4O2/c1-9-7-8-16-13(9)14(20)18-12-6-4-3-5-11(12)15-17-10(2)19-21-15/h3-6,9,13,16H,7-8H2,1-2H3,(H,18,20). The number of carbonyl (C=O) groups excluding carboxylic acids is 1. The van der Waals surface area contributed by atoms with Gasteiger partial charge in [0, 0.05) is 0 Å². The Morgan fingerprint density at radius 1 is 1.43 bits per heavy atom. The van der Waals surface area contributed by atoms with E-state index in [1.54, 1.807) is 6.92 Å². The van der Waals surface area contributed by atoms with Crippen molar-refractivity contribution >= 4 is 11.6 Å². The Bertz CT molecular complexity index is 653. The van der Waals surface area contributed by atoms with Crippen molar-refractivity contribution in [2.45, 2.75) is 26.3 Å². The molecule has 2 aromatic rings. The van der Waals surface area contributed by atoms with E-state index in [2.05, 4.69) is 27.7 Å². The maximum Gasteiger partial charge on any atom is 0.260 e. The van der Waals surface area contributed by atoms with Crippen LogP contribution in [0.3, 0.4) is 0 Å². The zero-order valence-corrected chi connectivity index (χ0v) is 12.1. The van der Waals surface area contributed by atoms with Gasteiger partial charge in [-0.05, 0) is 37.9 Å². The van der Waals surface area contributed by atoms with Crippen molar-refractivity contribution in [3.63, 3.8) is 0 Å². The lowest BCUT2D eigenvalue weighted by atomic mass is 10.0. The predicted molar refractivity (Wildman–Crippen MR) is 78.7 cm³/mol. The van der Waals surface area contributed by atoms with Crippen molar-refractivity contribution in [1.29, 1.82) is 0 Å². The van der Waals surface area contributed by atoms with Gasteiger partial charge < -0.3 is 15.2 Å². The van der Waals surface area contributed by atoms with Crippen molar-refractivity contribution in [1.82, 2.24) is 15.5 Å². The summed E-state index contributed by atoms with van der Waals surface area (Å²) in [6.07, 6.45) is 1.02. The number of rotatable bonds is 3. The highest BCUT2D eigenvalue weighted by molar-refractivity contribution is 5.98. The second-order valence-electron chi connectivity index (χ2n) is 5.38. The Kier molecular flexibility index (Phi) is 3.70. The number of nitrogens with zero attached hydrogens (tertiary/aromatic N) is 2. The highest BCUT2D eigenvalue weighted by atomic mass is 16.5. The summed E-state index contributed by atoms with van der Waals surface area (Å²) in [4.78, 5) is 16.6. The highest BCUT2D eigenvalue weighted by Gasteiger charge is 2.29. The fourth-order valence-corrected chi connectivity index (χ4v) is 2.58. The molecule has 2 atom stereocenters. The predicted octanol–water partition coefficient (Wildman–Crippen LogP) is 1.98. The second-order valence-corrected chi connectivity index (χ2v) is 5.38. The van der Waals surface area contributed by atoms with Crippen LogP contribution in [0.2, 0.25) is 0 Å². The first-order chi connectivity index (χ1) is 10.1. The van der Waals surface area contributed by atoms with Gasteiger partial charge in [-0.2, -0.15) is 4.98 Å². The van der Waals surface area contributed by atoms with Gasteiger partial charge in [-0.25, -0.2) is 0 Å². The van der Waals surface area contributed by atoms with Crippen LogP contribution in [0.25, 0.3) is 11.5 Å². The molecule has 0 radical (unpaired) electrons. The zero-order valence-electron chi connectivity index (χ0n) is 12.1. The molecule has 2 heterocycles. The van der Waals surface area contributed by atoms with Gasteiger partial charge in [-0.1, -0.05) is 24.2 Å². The van der Waals surface area contributed by atoms with Gasteiger partial charge in [0.05, 0.1) is 17.3 Å². The van der Waals surface area contributed by atoms with E-state index >= 15 is 0 Å². The minimum Gasteiger partial charge on any atom is -0.334 e. The monoisotopic (exact) mass is 286 g/mol. The molecule has 1 aromatic carbocycles. The number of hydrogen-bond acceptors (Lipinski definition) is 5. The molecule has 1 saturated heterocycles. The Labute approximate surface area is 122 Å². The molecule has 21 heavy (non-hydrogen) atoms. The van der Waals surface area contributed by atoms with Gasteiger partial charge in [-0.15, -0.1) is 0 Å². The molecule has 0 spiro atoms. The molecule has 1 aliphatic heterocycles. The third kappa shape index (κ3) is 2.80. The lowest BCUT2D eigenvalue weighted by Gasteiger charge is -2.16. The number of benzene rings is 1. The summed E-state index contributed by atoms with van der Waals surface area (Å²) in [7, 11) is 0. The molecule has 110 valence electrons. The number of amides is 1. The molecule has 6 nitrogen and oxygen atoms in total. The largest absolute Gasteiger partial charge is 0.334 e. The summed E-state index contributed by atoms with van der Waals surface area (Å²) in [6.45, 7) is 4.72. The number of aryl methyl sites for hydroxylation is 1. The maximum absolute atomic E-state index is 12.4. The summed E-state index contributed by atoms with van der Waals surface area (Å²) in [5, 5.41) is 9.98. The molecule has 3 rings (SSSR count). The van der Waals surface area contributed by atoms with E-state index in [1.165, 1.54) is 0 Å². The van der Waals surface area contributed by atoms with Crippen LogP contribution in [-0.4, -0.2) is 28.6 Å². The molecule has 1 amide bonds. The van der Waals surface area contributed by atoms with Crippen LogP contribution in [0.5, 0.6) is 0 Å². The minimum atomic E-state index is -0.150. The average molecular weight is 286 g/mol. The van der Waals surface area contributed by atoms with E-state index in [1.807, 2.05) is 24.3 Å². The fraction of sp³-hybridized carbons (Fsp3) is 0.400. The Hall–Kier alpha value is -2.21. The van der Waals surface area contributed by atoms with Gasteiger partial charge in [0.15, 0.2) is 5.82 Å². The van der Waals surface area contributed by atoms with Crippen molar-refractivity contribution < 1.29 is 9.32 Å². The first kappa shape index (κ1) is 13.8. The van der Waals surface area contributed by atoms with Crippen LogP contribution in [0.15, 0.2) is 28.8 Å². The average Bonchev–Trinajstić information content (AvgIpc) is 3.08. The summed E-state index contributed by atoms with van der Waals surface area (Å²) in [5.74, 6) is 1.29. The lowest BCUT2D eigenvalue weighted by Crippen LogP contribution is -2.39. The normalized spacial score (nSPS) is 21.4. The zero-order chi connectivity index (χ0) is 14.8. The van der Waals surface area contributed by atoms with E-state index in [0.29, 0.717) is 23.3 Å². The molecular weight excluding hydrogens is 268 g/mol. The van der Waals surface area contributed by atoms with Crippen LogP contribution in [0, 0.1) is 12.8 Å². The molecule has 2 unspecified atom stereocenters. The second kappa shape index (κ2) is 5.65. The Morgan fingerprint density at radius 3 is 2.90 bits per heavy atom. The third-order valence-corrected chi connectivity index (χ3v) is 3.76. The summed E-state index contributed by atoms with van der Waals surface area (Å²) in [6, 6.07) is 7.29. The van der Waals surface area contributed by atoms with Crippen molar-refractivity contribution in [2.24, 2.45) is 5.92 Å². The molecule has 1 aromatic heterocycles. The number of carbonyl (C=O) groups is 1. The smallest absolute Gasteiger partial charge is 0.260 e. The molecule has 2 N–H and O–H groups in total. The molecule has 0 saturated carbocycles. The van der Waals surface area contributed by atoms with Crippen molar-refractivity contribution in [3.8, 4) is 11.5 Å². The summed E-state index contributed by atoms with van der Waals surface area (Å²) in [5.41, 5.74) is 1.42. The first-order valence-corrected chi connectivity index (χ1v) is 7.09. The van der Waals surface area contributed by atoms with Crippen LogP contribution in [0.4, 0.5) is 5.69 Å². The Morgan fingerprint density at radius 2 is 2.24 bits per heavy atom. The van der Waals surface area contributed by atoms with Crippen LogP contribution < -0.4 is 10.6 Å². The number of anilines is 1. The van der Waals surface area contributed by atoms with Gasteiger partial charge >= 0.3 is 0 Å². The van der Waals surface area contributed by atoms with Gasteiger partial charge in [0.25, 0.3) is 5.89 Å². The van der Waals surface area contributed by atoms with E-state index in [-0.39, 0.29) is 11.9 Å². The molecule has 1 fully saturated rings. The number of aromatic nitrogens is 2. The lowest BCUT2D eigenvalue weighted by molar-refractivity contribution is -0.118. The van der Waals surface area contributed by atoms with Gasteiger partial charge in [0.1, 0.15) is 0 Å². The van der Waals surface area contributed by atoms with E-state index in [0.717, 1.165) is 18.5 Å². The van der Waals surface area contributed by atoms with Crippen LogP contribution >= 0.6 is 0 Å². The quantitative estimate of drug-likeness (QED) is 0.902. The van der Waals surface area contributed by atoms with E-state index in [9.17, 15) is 4.79 Å². The fourth-order valence-electron chi connectivity index (χ4n) is 2.58. The molecular formula is C15H18N4O2. The van der Waals surface area contributed by atoms with Crippen LogP contribution in [0.1, 0.15) is 19.2 Å². The number of nitrogens with one attached hydrogen (secondary N) is 2. The minimum absolute atomic E-state index is 0.0244. The topological polar surface area (TPSA) is 80.0 Å². The maximum atomic E-state index is 12.4. The number of para-hydroxylation sites is 1. The summed E-state index contributed by atoms with van der Waals surface area (Å²) < 4.78 is 5.19. The van der Waals surface area contributed by atoms with E-state index < -0.39 is 0 Å². The SMILES string of the molecule is Cc1noc(-c2ccccc2NC(=O)C2NCCC2C)n1. The molecule has 0 aliphatic carbocycles. The third-order valence-electron chi connectivity index (χ3n) is 3.76. The first-order valence-electron chi connectivity index (χ1n) is 7.09. The van der Waals surface area contributed by atoms with Crippen LogP contribution in [-0.2, 0) is 4.79 Å². The van der Waals surface area contributed by atoms with Gasteiger partial charge in [-0.3, -0.25) is 4.79 Å². The summed E-state index contributed by atoms with van der Waals surface area (Å²) >= 11 is 0. The number of hydrogen-bond donors (Lipinski definition) is 2. The van der Waals surface area contributed by atoms with E-state index in [4.69, 9.17) is 4.52 Å².